The molecule has 0 spiro atoms. The smallest absolute Gasteiger partial charge is 0.387 e. The van der Waals surface area contributed by atoms with Gasteiger partial charge in [-0.15, -0.1) is 0 Å². The maximum Gasteiger partial charge on any atom is 0.387 e. The molecule has 2 heterocycles. The van der Waals surface area contributed by atoms with Gasteiger partial charge in [0.2, 0.25) is 5.91 Å². The Hall–Kier alpha value is -2.68. The van der Waals surface area contributed by atoms with Crippen molar-refractivity contribution < 1.29 is 23.0 Å². The summed E-state index contributed by atoms with van der Waals surface area (Å²) in [7, 11) is 3.31. The fourth-order valence-corrected chi connectivity index (χ4v) is 3.28. The van der Waals surface area contributed by atoms with Crippen LogP contribution >= 0.6 is 0 Å². The SMILES string of the molecule is COc1ccc(OC(F)F)c(CNC(=O)[C@H]2CNC[C@@H]2c2cnn(C)c2)c1. The number of benzene rings is 1. The minimum Gasteiger partial charge on any atom is -0.497 e. The number of amides is 1. The molecule has 7 nitrogen and oxygen atoms in total. The van der Waals surface area contributed by atoms with Crippen LogP contribution in [0.3, 0.4) is 0 Å². The van der Waals surface area contributed by atoms with Crippen LogP contribution in [0.2, 0.25) is 0 Å². The van der Waals surface area contributed by atoms with Gasteiger partial charge in [-0.2, -0.15) is 13.9 Å². The number of hydrogen-bond acceptors (Lipinski definition) is 5. The number of rotatable bonds is 7. The largest absolute Gasteiger partial charge is 0.497 e. The number of hydrogen-bond donors (Lipinski definition) is 2. The second-order valence-corrected chi connectivity index (χ2v) is 6.39. The molecule has 0 aliphatic carbocycles. The van der Waals surface area contributed by atoms with Gasteiger partial charge in [-0.25, -0.2) is 0 Å². The Bertz CT molecular complexity index is 797. The van der Waals surface area contributed by atoms with Gasteiger partial charge in [-0.3, -0.25) is 9.48 Å². The van der Waals surface area contributed by atoms with E-state index in [9.17, 15) is 13.6 Å². The van der Waals surface area contributed by atoms with Crippen LogP contribution in [0.25, 0.3) is 0 Å². The Labute approximate surface area is 155 Å². The monoisotopic (exact) mass is 380 g/mol. The number of alkyl halides is 2. The van der Waals surface area contributed by atoms with E-state index in [2.05, 4.69) is 20.5 Å². The van der Waals surface area contributed by atoms with Gasteiger partial charge in [-0.1, -0.05) is 0 Å². The van der Waals surface area contributed by atoms with Crippen LogP contribution in [0, 0.1) is 5.92 Å². The number of carbonyl (C=O) groups excluding carboxylic acids is 1. The molecular weight excluding hydrogens is 358 g/mol. The van der Waals surface area contributed by atoms with Crippen molar-refractivity contribution in [3.05, 3.63) is 41.7 Å². The summed E-state index contributed by atoms with van der Waals surface area (Å²) in [6, 6.07) is 4.51. The summed E-state index contributed by atoms with van der Waals surface area (Å²) in [5.74, 6) is 0.107. The molecule has 3 rings (SSSR count). The first-order valence-electron chi connectivity index (χ1n) is 8.56. The molecule has 27 heavy (non-hydrogen) atoms. The molecule has 2 aromatic rings. The van der Waals surface area contributed by atoms with Gasteiger partial charge in [0.05, 0.1) is 19.2 Å². The minimum atomic E-state index is -2.94. The van der Waals surface area contributed by atoms with E-state index in [1.165, 1.54) is 19.2 Å². The fraction of sp³-hybridized carbons (Fsp3) is 0.444. The highest BCUT2D eigenvalue weighted by atomic mass is 19.3. The Morgan fingerprint density at radius 1 is 1.44 bits per heavy atom. The number of aromatic nitrogens is 2. The molecule has 0 saturated carbocycles. The van der Waals surface area contributed by atoms with Crippen molar-refractivity contribution in [2.75, 3.05) is 20.2 Å². The summed E-state index contributed by atoms with van der Waals surface area (Å²) in [5, 5.41) is 10.2. The molecule has 1 amide bonds. The first-order chi connectivity index (χ1) is 13.0. The molecule has 2 N–H and O–H groups in total. The molecule has 1 aliphatic rings. The zero-order valence-electron chi connectivity index (χ0n) is 15.1. The van der Waals surface area contributed by atoms with Crippen molar-refractivity contribution in [3.8, 4) is 11.5 Å². The Balaban J connectivity index is 1.69. The third-order valence-corrected chi connectivity index (χ3v) is 4.64. The second kappa shape index (κ2) is 8.34. The predicted octanol–water partition coefficient (Wildman–Crippen LogP) is 1.65. The zero-order chi connectivity index (χ0) is 19.4. The Morgan fingerprint density at radius 3 is 2.93 bits per heavy atom. The molecule has 1 saturated heterocycles. The average Bonchev–Trinajstić information content (AvgIpc) is 3.28. The molecule has 1 aromatic heterocycles. The van der Waals surface area contributed by atoms with Gasteiger partial charge in [0.1, 0.15) is 11.5 Å². The Kier molecular flexibility index (Phi) is 5.90. The number of methoxy groups -OCH3 is 1. The van der Waals surface area contributed by atoms with Crippen molar-refractivity contribution in [3.63, 3.8) is 0 Å². The summed E-state index contributed by atoms with van der Waals surface area (Å²) in [6.45, 7) is -1.65. The standard InChI is InChI=1S/C18H22F2N4O3/c1-24-10-12(7-23-24)14-8-21-9-15(14)17(25)22-6-11-5-13(26-2)3-4-16(11)27-18(19)20/h3-5,7,10,14-15,18,21H,6,8-9H2,1-2H3,(H,22,25)/t14-,15+/m1/s1. The molecule has 1 aliphatic heterocycles. The van der Waals surface area contributed by atoms with E-state index in [1.807, 2.05) is 13.2 Å². The quantitative estimate of drug-likeness (QED) is 0.764. The van der Waals surface area contributed by atoms with Crippen molar-refractivity contribution in [2.24, 2.45) is 13.0 Å². The number of ether oxygens (including phenoxy) is 2. The lowest BCUT2D eigenvalue weighted by Crippen LogP contribution is -2.34. The molecule has 0 unspecified atom stereocenters. The van der Waals surface area contributed by atoms with Crippen LogP contribution in [-0.2, 0) is 18.4 Å². The molecular formula is C18H22F2N4O3. The molecule has 1 aromatic carbocycles. The highest BCUT2D eigenvalue weighted by Crippen LogP contribution is 2.29. The van der Waals surface area contributed by atoms with E-state index in [1.54, 1.807) is 16.9 Å². The van der Waals surface area contributed by atoms with E-state index in [0.717, 1.165) is 5.56 Å². The minimum absolute atomic E-state index is 0.0134. The van der Waals surface area contributed by atoms with Crippen molar-refractivity contribution in [1.82, 2.24) is 20.4 Å². The highest BCUT2D eigenvalue weighted by molar-refractivity contribution is 5.80. The van der Waals surface area contributed by atoms with Crippen molar-refractivity contribution in [1.29, 1.82) is 0 Å². The van der Waals surface area contributed by atoms with Gasteiger partial charge in [0, 0.05) is 44.4 Å². The summed E-state index contributed by atoms with van der Waals surface area (Å²) in [5.41, 5.74) is 1.41. The summed E-state index contributed by atoms with van der Waals surface area (Å²) >= 11 is 0. The van der Waals surface area contributed by atoms with Gasteiger partial charge in [0.15, 0.2) is 0 Å². The van der Waals surface area contributed by atoms with Crippen LogP contribution in [-0.4, -0.2) is 42.5 Å². The summed E-state index contributed by atoms with van der Waals surface area (Å²) in [6.07, 6.45) is 3.66. The van der Waals surface area contributed by atoms with E-state index in [-0.39, 0.29) is 30.0 Å². The van der Waals surface area contributed by atoms with E-state index >= 15 is 0 Å². The predicted molar refractivity (Wildman–Crippen MR) is 93.8 cm³/mol. The Morgan fingerprint density at radius 2 is 2.26 bits per heavy atom. The third-order valence-electron chi connectivity index (χ3n) is 4.64. The maximum absolute atomic E-state index is 12.7. The summed E-state index contributed by atoms with van der Waals surface area (Å²) < 4.78 is 36.6. The number of carbonyl (C=O) groups is 1. The number of halogens is 2. The normalized spacial score (nSPS) is 19.3. The second-order valence-electron chi connectivity index (χ2n) is 6.39. The third kappa shape index (κ3) is 4.54. The highest BCUT2D eigenvalue weighted by Gasteiger charge is 2.34. The first-order valence-corrected chi connectivity index (χ1v) is 8.56. The first kappa shape index (κ1) is 19.1. The number of nitrogens with zero attached hydrogens (tertiary/aromatic N) is 2. The van der Waals surface area contributed by atoms with Crippen LogP contribution in [0.4, 0.5) is 8.78 Å². The maximum atomic E-state index is 12.7. The summed E-state index contributed by atoms with van der Waals surface area (Å²) in [4.78, 5) is 12.7. The molecule has 146 valence electrons. The fourth-order valence-electron chi connectivity index (χ4n) is 3.28. The van der Waals surface area contributed by atoms with Gasteiger partial charge >= 0.3 is 6.61 Å². The molecule has 2 atom stereocenters. The molecule has 0 bridgehead atoms. The van der Waals surface area contributed by atoms with Gasteiger partial charge < -0.3 is 20.1 Å². The average molecular weight is 380 g/mol. The number of nitrogens with one attached hydrogen (secondary N) is 2. The molecule has 9 heteroatoms. The number of aryl methyl sites for hydroxylation is 1. The van der Waals surface area contributed by atoms with Crippen molar-refractivity contribution in [2.45, 2.75) is 19.1 Å². The van der Waals surface area contributed by atoms with Gasteiger partial charge in [0.25, 0.3) is 0 Å². The topological polar surface area (TPSA) is 77.4 Å². The lowest BCUT2D eigenvalue weighted by Gasteiger charge is -2.18. The zero-order valence-corrected chi connectivity index (χ0v) is 15.1. The van der Waals surface area contributed by atoms with Crippen LogP contribution in [0.15, 0.2) is 30.6 Å². The van der Waals surface area contributed by atoms with Gasteiger partial charge in [-0.05, 0) is 23.8 Å². The van der Waals surface area contributed by atoms with Crippen molar-refractivity contribution >= 4 is 5.91 Å². The van der Waals surface area contributed by atoms with E-state index in [4.69, 9.17) is 4.74 Å². The lowest BCUT2D eigenvalue weighted by atomic mass is 9.90. The molecule has 1 fully saturated rings. The van der Waals surface area contributed by atoms with Crippen LogP contribution in [0.1, 0.15) is 17.0 Å². The van der Waals surface area contributed by atoms with Crippen LogP contribution < -0.4 is 20.1 Å². The van der Waals surface area contributed by atoms with E-state index in [0.29, 0.717) is 24.4 Å². The van der Waals surface area contributed by atoms with Crippen LogP contribution in [0.5, 0.6) is 11.5 Å². The van der Waals surface area contributed by atoms with E-state index < -0.39 is 6.61 Å². The lowest BCUT2D eigenvalue weighted by molar-refractivity contribution is -0.125. The molecule has 0 radical (unpaired) electrons.